The molecule has 1 saturated heterocycles. The highest BCUT2D eigenvalue weighted by molar-refractivity contribution is 5.23. The van der Waals surface area contributed by atoms with Crippen LogP contribution in [0.2, 0.25) is 0 Å². The van der Waals surface area contributed by atoms with E-state index in [9.17, 15) is 0 Å². The van der Waals surface area contributed by atoms with E-state index in [0.29, 0.717) is 0 Å². The Balaban J connectivity index is 1.70. The number of hydrogen-bond donors (Lipinski definition) is 2. The lowest BCUT2D eigenvalue weighted by atomic mass is 9.97. The van der Waals surface area contributed by atoms with Crippen molar-refractivity contribution in [1.82, 2.24) is 15.1 Å². The van der Waals surface area contributed by atoms with Crippen LogP contribution in [0.5, 0.6) is 0 Å². The molecule has 2 rings (SSSR count). The second-order valence-corrected chi connectivity index (χ2v) is 5.54. The van der Waals surface area contributed by atoms with Crippen LogP contribution >= 0.6 is 0 Å². The third kappa shape index (κ3) is 3.33. The molecule has 4 nitrogen and oxygen atoms in total. The summed E-state index contributed by atoms with van der Waals surface area (Å²) < 4.78 is 0. The molecule has 0 unspecified atom stereocenters. The number of hydrogen-bond acceptors (Lipinski definition) is 3. The van der Waals surface area contributed by atoms with Crippen LogP contribution in [0.4, 0.5) is 0 Å². The number of aromatic nitrogens is 2. The fraction of sp³-hybridized carbons (Fsp3) is 0.786. The van der Waals surface area contributed by atoms with Crippen LogP contribution in [0, 0.1) is 19.8 Å². The van der Waals surface area contributed by atoms with E-state index >= 15 is 0 Å². The van der Waals surface area contributed by atoms with Gasteiger partial charge in [-0.15, -0.1) is 0 Å². The molecule has 0 spiro atoms. The van der Waals surface area contributed by atoms with Crippen molar-refractivity contribution in [3.8, 4) is 0 Å². The van der Waals surface area contributed by atoms with Crippen molar-refractivity contribution in [2.24, 2.45) is 11.7 Å². The maximum atomic E-state index is 5.72. The van der Waals surface area contributed by atoms with Gasteiger partial charge in [-0.1, -0.05) is 0 Å². The third-order valence-corrected chi connectivity index (χ3v) is 4.22. The van der Waals surface area contributed by atoms with Gasteiger partial charge in [0.15, 0.2) is 0 Å². The molecule has 0 amide bonds. The van der Waals surface area contributed by atoms with E-state index in [2.05, 4.69) is 28.9 Å². The minimum atomic E-state index is 0.764. The molecule has 1 aromatic heterocycles. The summed E-state index contributed by atoms with van der Waals surface area (Å²) >= 11 is 0. The van der Waals surface area contributed by atoms with E-state index in [1.54, 1.807) is 0 Å². The standard InChI is InChI=1S/C14H26N4/c1-11-14(12(2)17-16-11)4-3-7-18-8-5-13(10-15)6-9-18/h13H,3-10,15H2,1-2H3,(H,16,17). The van der Waals surface area contributed by atoms with E-state index < -0.39 is 0 Å². The number of piperidine rings is 1. The number of aromatic amines is 1. The summed E-state index contributed by atoms with van der Waals surface area (Å²) in [5.74, 6) is 0.764. The fourth-order valence-electron chi connectivity index (χ4n) is 2.87. The average molecular weight is 250 g/mol. The zero-order valence-corrected chi connectivity index (χ0v) is 11.7. The van der Waals surface area contributed by atoms with Crippen molar-refractivity contribution < 1.29 is 0 Å². The molecule has 1 aromatic rings. The number of aryl methyl sites for hydroxylation is 2. The molecule has 1 aliphatic rings. The molecule has 102 valence electrons. The van der Waals surface area contributed by atoms with E-state index in [1.807, 2.05) is 0 Å². The summed E-state index contributed by atoms with van der Waals surface area (Å²) in [6.07, 6.45) is 4.93. The Labute approximate surface area is 110 Å². The number of likely N-dealkylation sites (tertiary alicyclic amines) is 1. The zero-order valence-electron chi connectivity index (χ0n) is 11.7. The molecule has 2 heterocycles. The molecule has 0 bridgehead atoms. The third-order valence-electron chi connectivity index (χ3n) is 4.22. The van der Waals surface area contributed by atoms with E-state index in [1.165, 1.54) is 50.2 Å². The Morgan fingerprint density at radius 2 is 2.06 bits per heavy atom. The minimum absolute atomic E-state index is 0.764. The molecule has 1 fully saturated rings. The lowest BCUT2D eigenvalue weighted by Crippen LogP contribution is -2.36. The first-order valence-electron chi connectivity index (χ1n) is 7.13. The first-order valence-corrected chi connectivity index (χ1v) is 7.13. The lowest BCUT2D eigenvalue weighted by molar-refractivity contribution is 0.186. The molecular weight excluding hydrogens is 224 g/mol. The quantitative estimate of drug-likeness (QED) is 0.835. The summed E-state index contributed by atoms with van der Waals surface area (Å²) in [5.41, 5.74) is 9.52. The first kappa shape index (κ1) is 13.6. The van der Waals surface area contributed by atoms with Gasteiger partial charge in [0.05, 0.1) is 5.69 Å². The molecule has 4 heteroatoms. The van der Waals surface area contributed by atoms with Crippen LogP contribution < -0.4 is 5.73 Å². The predicted octanol–water partition coefficient (Wildman–Crippen LogP) is 1.63. The van der Waals surface area contributed by atoms with Crippen LogP contribution in [0.3, 0.4) is 0 Å². The molecule has 0 aliphatic carbocycles. The fourth-order valence-corrected chi connectivity index (χ4v) is 2.87. The largest absolute Gasteiger partial charge is 0.330 e. The maximum absolute atomic E-state index is 5.72. The van der Waals surface area contributed by atoms with Crippen LogP contribution in [0.25, 0.3) is 0 Å². The second kappa shape index (κ2) is 6.34. The lowest BCUT2D eigenvalue weighted by Gasteiger charge is -2.31. The molecule has 0 saturated carbocycles. The number of nitrogens with two attached hydrogens (primary N) is 1. The monoisotopic (exact) mass is 250 g/mol. The minimum Gasteiger partial charge on any atom is -0.330 e. The summed E-state index contributed by atoms with van der Waals surface area (Å²) in [6.45, 7) is 8.73. The van der Waals surface area contributed by atoms with Crippen molar-refractivity contribution in [1.29, 1.82) is 0 Å². The van der Waals surface area contributed by atoms with Crippen molar-refractivity contribution in [3.05, 3.63) is 17.0 Å². The average Bonchev–Trinajstić information content (AvgIpc) is 2.71. The predicted molar refractivity (Wildman–Crippen MR) is 74.6 cm³/mol. The Morgan fingerprint density at radius 3 is 2.61 bits per heavy atom. The van der Waals surface area contributed by atoms with Crippen LogP contribution in [0.1, 0.15) is 36.2 Å². The molecule has 1 aliphatic heterocycles. The SMILES string of the molecule is Cc1n[nH]c(C)c1CCCN1CCC(CN)CC1. The van der Waals surface area contributed by atoms with Gasteiger partial charge in [-0.2, -0.15) is 5.10 Å². The van der Waals surface area contributed by atoms with Gasteiger partial charge in [0.25, 0.3) is 0 Å². The summed E-state index contributed by atoms with van der Waals surface area (Å²) in [4.78, 5) is 2.58. The normalized spacial score (nSPS) is 18.4. The number of nitrogens with zero attached hydrogens (tertiary/aromatic N) is 2. The first-order chi connectivity index (χ1) is 8.70. The molecule has 18 heavy (non-hydrogen) atoms. The molecule has 3 N–H and O–H groups in total. The number of H-pyrrole nitrogens is 1. The Kier molecular flexibility index (Phi) is 4.78. The van der Waals surface area contributed by atoms with Gasteiger partial charge >= 0.3 is 0 Å². The van der Waals surface area contributed by atoms with E-state index in [4.69, 9.17) is 5.73 Å². The molecular formula is C14H26N4. The summed E-state index contributed by atoms with van der Waals surface area (Å²) in [6, 6.07) is 0. The second-order valence-electron chi connectivity index (χ2n) is 5.54. The van der Waals surface area contributed by atoms with Gasteiger partial charge in [0.2, 0.25) is 0 Å². The van der Waals surface area contributed by atoms with Gasteiger partial charge in [0.1, 0.15) is 0 Å². The highest BCUT2D eigenvalue weighted by Gasteiger charge is 2.17. The van der Waals surface area contributed by atoms with E-state index in [-0.39, 0.29) is 0 Å². The summed E-state index contributed by atoms with van der Waals surface area (Å²) in [5, 5.41) is 7.31. The number of nitrogens with one attached hydrogen (secondary N) is 1. The Morgan fingerprint density at radius 1 is 1.33 bits per heavy atom. The molecule has 0 atom stereocenters. The Hall–Kier alpha value is -0.870. The van der Waals surface area contributed by atoms with Crippen molar-refractivity contribution in [2.75, 3.05) is 26.2 Å². The van der Waals surface area contributed by atoms with Crippen LogP contribution in [0.15, 0.2) is 0 Å². The van der Waals surface area contributed by atoms with Crippen molar-refractivity contribution in [3.63, 3.8) is 0 Å². The maximum Gasteiger partial charge on any atom is 0.0625 e. The van der Waals surface area contributed by atoms with Gasteiger partial charge in [-0.3, -0.25) is 5.10 Å². The molecule has 0 aromatic carbocycles. The highest BCUT2D eigenvalue weighted by atomic mass is 15.1. The van der Waals surface area contributed by atoms with E-state index in [0.717, 1.165) is 24.6 Å². The topological polar surface area (TPSA) is 57.9 Å². The highest BCUT2D eigenvalue weighted by Crippen LogP contribution is 2.17. The van der Waals surface area contributed by atoms with Crippen LogP contribution in [-0.2, 0) is 6.42 Å². The van der Waals surface area contributed by atoms with Gasteiger partial charge in [-0.05, 0) is 77.2 Å². The Bertz CT molecular complexity index is 344. The number of rotatable bonds is 5. The zero-order chi connectivity index (χ0) is 13.0. The van der Waals surface area contributed by atoms with Gasteiger partial charge in [0, 0.05) is 5.69 Å². The van der Waals surface area contributed by atoms with Crippen molar-refractivity contribution >= 4 is 0 Å². The van der Waals surface area contributed by atoms with Crippen molar-refractivity contribution in [2.45, 2.75) is 39.5 Å². The van der Waals surface area contributed by atoms with Gasteiger partial charge in [-0.25, -0.2) is 0 Å². The van der Waals surface area contributed by atoms with Crippen LogP contribution in [-0.4, -0.2) is 41.3 Å². The molecule has 0 radical (unpaired) electrons. The summed E-state index contributed by atoms with van der Waals surface area (Å²) in [7, 11) is 0. The van der Waals surface area contributed by atoms with Gasteiger partial charge < -0.3 is 10.6 Å². The smallest absolute Gasteiger partial charge is 0.0625 e.